The van der Waals surface area contributed by atoms with Crippen molar-refractivity contribution in [1.29, 1.82) is 0 Å². The summed E-state index contributed by atoms with van der Waals surface area (Å²) in [6, 6.07) is 12.3. The summed E-state index contributed by atoms with van der Waals surface area (Å²) in [5, 5.41) is 0.629. The van der Waals surface area contributed by atoms with E-state index in [1.54, 1.807) is 17.0 Å². The molecule has 0 atom stereocenters. The first-order valence-electron chi connectivity index (χ1n) is 10.7. The number of aryl methyl sites for hydroxylation is 1. The zero-order valence-corrected chi connectivity index (χ0v) is 19.9. The first-order chi connectivity index (χ1) is 15.4. The Morgan fingerprint density at radius 3 is 2.66 bits per heavy atom. The van der Waals surface area contributed by atoms with E-state index in [1.165, 1.54) is 23.5 Å². The summed E-state index contributed by atoms with van der Waals surface area (Å²) in [4.78, 5) is 22.5. The molecule has 1 saturated heterocycles. The molecule has 0 bridgehead atoms. The summed E-state index contributed by atoms with van der Waals surface area (Å²) in [5.74, 6) is -0.249. The van der Waals surface area contributed by atoms with E-state index in [9.17, 15) is 13.2 Å². The normalized spacial score (nSPS) is 15.2. The number of thiazole rings is 1. The maximum atomic E-state index is 13.6. The minimum absolute atomic E-state index is 0.133. The fraction of sp³-hybridized carbons (Fsp3) is 0.391. The highest BCUT2D eigenvalue weighted by Gasteiger charge is 2.24. The summed E-state index contributed by atoms with van der Waals surface area (Å²) in [5.41, 5.74) is 2.40. The quantitative estimate of drug-likeness (QED) is 0.524. The number of hydrogen-bond acceptors (Lipinski definition) is 7. The minimum atomic E-state index is -3.41. The molecule has 1 aliphatic heterocycles. The lowest BCUT2D eigenvalue weighted by molar-refractivity contribution is 0.0391. The van der Waals surface area contributed by atoms with E-state index in [0.29, 0.717) is 37.0 Å². The van der Waals surface area contributed by atoms with Gasteiger partial charge in [0, 0.05) is 38.0 Å². The SMILES string of the molecule is CCc1cccc2sc(N(CCN3CCOCC3)C(=O)c3cccc(S(C)(=O)=O)c3)nc12. The number of sulfone groups is 1. The average Bonchev–Trinajstić information content (AvgIpc) is 3.23. The second kappa shape index (κ2) is 9.66. The van der Waals surface area contributed by atoms with Crippen LogP contribution in [0.2, 0.25) is 0 Å². The van der Waals surface area contributed by atoms with Crippen LogP contribution in [-0.4, -0.2) is 69.9 Å². The van der Waals surface area contributed by atoms with Gasteiger partial charge in [-0.05, 0) is 36.2 Å². The van der Waals surface area contributed by atoms with Crippen molar-refractivity contribution < 1.29 is 17.9 Å². The number of anilines is 1. The molecule has 3 aromatic rings. The number of aromatic nitrogens is 1. The second-order valence-corrected chi connectivity index (χ2v) is 10.8. The van der Waals surface area contributed by atoms with Gasteiger partial charge in [-0.15, -0.1) is 0 Å². The van der Waals surface area contributed by atoms with E-state index in [0.717, 1.165) is 41.5 Å². The third-order valence-electron chi connectivity index (χ3n) is 5.60. The van der Waals surface area contributed by atoms with Crippen LogP contribution in [0.15, 0.2) is 47.4 Å². The van der Waals surface area contributed by atoms with Crippen LogP contribution in [0.4, 0.5) is 5.13 Å². The largest absolute Gasteiger partial charge is 0.379 e. The van der Waals surface area contributed by atoms with Crippen LogP contribution in [-0.2, 0) is 21.0 Å². The second-order valence-electron chi connectivity index (χ2n) is 7.82. The third-order valence-corrected chi connectivity index (χ3v) is 7.75. The Morgan fingerprint density at radius 1 is 1.19 bits per heavy atom. The smallest absolute Gasteiger partial charge is 0.260 e. The molecular formula is C23H27N3O4S2. The van der Waals surface area contributed by atoms with Crippen LogP contribution in [0.1, 0.15) is 22.8 Å². The van der Waals surface area contributed by atoms with Crippen molar-refractivity contribution in [3.8, 4) is 0 Å². The number of fused-ring (bicyclic) bond motifs is 1. The number of nitrogens with zero attached hydrogens (tertiary/aromatic N) is 3. The molecule has 1 amide bonds. The molecule has 4 rings (SSSR count). The summed E-state index contributed by atoms with van der Waals surface area (Å²) in [7, 11) is -3.41. The van der Waals surface area contributed by atoms with Crippen molar-refractivity contribution in [2.24, 2.45) is 0 Å². The molecular weight excluding hydrogens is 446 g/mol. The van der Waals surface area contributed by atoms with Crippen LogP contribution >= 0.6 is 11.3 Å². The summed E-state index contributed by atoms with van der Waals surface area (Å²) < 4.78 is 30.5. The van der Waals surface area contributed by atoms with Crippen molar-refractivity contribution in [2.75, 3.05) is 50.5 Å². The number of hydrogen-bond donors (Lipinski definition) is 0. The van der Waals surface area contributed by atoms with Crippen LogP contribution in [0.3, 0.4) is 0 Å². The molecule has 2 heterocycles. The van der Waals surface area contributed by atoms with Crippen molar-refractivity contribution in [3.63, 3.8) is 0 Å². The highest BCUT2D eigenvalue weighted by atomic mass is 32.2. The molecule has 1 fully saturated rings. The maximum absolute atomic E-state index is 13.6. The maximum Gasteiger partial charge on any atom is 0.260 e. The topological polar surface area (TPSA) is 79.8 Å². The van der Waals surface area contributed by atoms with Gasteiger partial charge in [0.15, 0.2) is 15.0 Å². The highest BCUT2D eigenvalue weighted by molar-refractivity contribution is 7.90. The zero-order valence-electron chi connectivity index (χ0n) is 18.3. The molecule has 0 N–H and O–H groups in total. The number of carbonyl (C=O) groups is 1. The Balaban J connectivity index is 1.69. The van der Waals surface area contributed by atoms with Gasteiger partial charge in [0.05, 0.1) is 28.3 Å². The first-order valence-corrected chi connectivity index (χ1v) is 13.4. The summed E-state index contributed by atoms with van der Waals surface area (Å²) >= 11 is 1.49. The predicted molar refractivity (Wildman–Crippen MR) is 127 cm³/mol. The van der Waals surface area contributed by atoms with Gasteiger partial charge in [0.2, 0.25) is 0 Å². The molecule has 32 heavy (non-hydrogen) atoms. The number of ether oxygens (including phenoxy) is 1. The molecule has 0 aliphatic carbocycles. The van der Waals surface area contributed by atoms with Gasteiger partial charge in [-0.3, -0.25) is 14.6 Å². The van der Waals surface area contributed by atoms with Gasteiger partial charge >= 0.3 is 0 Å². The molecule has 1 aliphatic rings. The van der Waals surface area contributed by atoms with E-state index in [-0.39, 0.29) is 10.8 Å². The van der Waals surface area contributed by atoms with Gasteiger partial charge < -0.3 is 4.74 Å². The molecule has 0 saturated carbocycles. The van der Waals surface area contributed by atoms with Gasteiger partial charge in [0.25, 0.3) is 5.91 Å². The third kappa shape index (κ3) is 5.01. The molecule has 0 spiro atoms. The number of para-hydroxylation sites is 1. The molecule has 7 nitrogen and oxygen atoms in total. The predicted octanol–water partition coefficient (Wildman–Crippen LogP) is 3.24. The molecule has 170 valence electrons. The zero-order chi connectivity index (χ0) is 22.7. The van der Waals surface area contributed by atoms with Gasteiger partial charge in [-0.2, -0.15) is 0 Å². The van der Waals surface area contributed by atoms with E-state index in [2.05, 4.69) is 17.9 Å². The van der Waals surface area contributed by atoms with E-state index in [4.69, 9.17) is 9.72 Å². The number of amides is 1. The van der Waals surface area contributed by atoms with Gasteiger partial charge in [-0.25, -0.2) is 13.4 Å². The number of morpholine rings is 1. The monoisotopic (exact) mass is 473 g/mol. The molecule has 0 unspecified atom stereocenters. The minimum Gasteiger partial charge on any atom is -0.379 e. The standard InChI is InChI=1S/C23H27N3O4S2/c1-3-17-6-5-9-20-21(17)24-23(31-20)26(11-10-25-12-14-30-15-13-25)22(27)18-7-4-8-19(16-18)32(2,28)29/h4-9,16H,3,10-15H2,1-2H3. The molecule has 1 aromatic heterocycles. The van der Waals surface area contributed by atoms with Crippen molar-refractivity contribution in [1.82, 2.24) is 9.88 Å². The van der Waals surface area contributed by atoms with Crippen LogP contribution in [0.25, 0.3) is 10.2 Å². The Morgan fingerprint density at radius 2 is 1.94 bits per heavy atom. The number of benzene rings is 2. The number of rotatable bonds is 7. The fourth-order valence-electron chi connectivity index (χ4n) is 3.76. The highest BCUT2D eigenvalue weighted by Crippen LogP contribution is 2.32. The van der Waals surface area contributed by atoms with Crippen LogP contribution in [0, 0.1) is 0 Å². The fourth-order valence-corrected chi connectivity index (χ4v) is 5.47. The lowest BCUT2D eigenvalue weighted by Gasteiger charge is -2.29. The molecule has 9 heteroatoms. The van der Waals surface area contributed by atoms with Crippen molar-refractivity contribution in [2.45, 2.75) is 18.2 Å². The molecule has 0 radical (unpaired) electrons. The van der Waals surface area contributed by atoms with E-state index >= 15 is 0 Å². The van der Waals surface area contributed by atoms with Crippen LogP contribution < -0.4 is 4.90 Å². The van der Waals surface area contributed by atoms with Crippen LogP contribution in [0.5, 0.6) is 0 Å². The Kier molecular flexibility index (Phi) is 6.90. The Bertz CT molecular complexity index is 1220. The first kappa shape index (κ1) is 22.8. The lowest BCUT2D eigenvalue weighted by Crippen LogP contribution is -2.43. The van der Waals surface area contributed by atoms with Gasteiger partial charge in [0.1, 0.15) is 0 Å². The van der Waals surface area contributed by atoms with Gasteiger partial charge in [-0.1, -0.05) is 36.5 Å². The van der Waals surface area contributed by atoms with E-state index in [1.807, 2.05) is 12.1 Å². The summed E-state index contributed by atoms with van der Waals surface area (Å²) in [6.45, 7) is 6.26. The Hall–Kier alpha value is -2.33. The summed E-state index contributed by atoms with van der Waals surface area (Å²) in [6.07, 6.45) is 2.01. The number of carbonyl (C=O) groups excluding carboxylic acids is 1. The molecule has 2 aromatic carbocycles. The Labute approximate surface area is 192 Å². The average molecular weight is 474 g/mol. The van der Waals surface area contributed by atoms with Crippen molar-refractivity contribution >= 4 is 42.4 Å². The van der Waals surface area contributed by atoms with Crippen molar-refractivity contribution in [3.05, 3.63) is 53.6 Å². The van der Waals surface area contributed by atoms with E-state index < -0.39 is 9.84 Å². The lowest BCUT2D eigenvalue weighted by atomic mass is 10.1.